The van der Waals surface area contributed by atoms with Gasteiger partial charge in [0.25, 0.3) is 0 Å². The van der Waals surface area contributed by atoms with E-state index in [1.165, 1.54) is 0 Å². The van der Waals surface area contributed by atoms with Gasteiger partial charge in [-0.2, -0.15) is 0 Å². The smallest absolute Gasteiger partial charge is 0.234 e. The van der Waals surface area contributed by atoms with Gasteiger partial charge in [-0.15, -0.1) is 0 Å². The third-order valence-corrected chi connectivity index (χ3v) is 2.59. The van der Waals surface area contributed by atoms with Crippen molar-refractivity contribution in [3.05, 3.63) is 0 Å². The van der Waals surface area contributed by atoms with Gasteiger partial charge in [0.05, 0.1) is 12.6 Å². The van der Waals surface area contributed by atoms with Crippen molar-refractivity contribution < 1.29 is 9.59 Å². The zero-order chi connectivity index (χ0) is 12.0. The Balaban J connectivity index is 4.58. The summed E-state index contributed by atoms with van der Waals surface area (Å²) >= 11 is 0. The molecule has 0 saturated heterocycles. The average Bonchev–Trinajstić information content (AvgIpc) is 2.23. The van der Waals surface area contributed by atoms with Gasteiger partial charge in [0, 0.05) is 5.92 Å². The molecule has 15 heavy (non-hydrogen) atoms. The maximum absolute atomic E-state index is 11.8. The number of nitrogens with one attached hydrogen (secondary N) is 1. The summed E-state index contributed by atoms with van der Waals surface area (Å²) in [4.78, 5) is 23.0. The fraction of sp³-hybridized carbons (Fsp3) is 0.818. The standard InChI is InChI=1S/C11H22N2O2/c1-5-8(4)10(11(15)7(2)3)13-9(14)6-12/h7-8,10H,5-6,12H2,1-4H3,(H,13,14). The molecule has 0 saturated carbocycles. The molecule has 88 valence electrons. The van der Waals surface area contributed by atoms with E-state index < -0.39 is 6.04 Å². The van der Waals surface area contributed by atoms with Gasteiger partial charge in [0.15, 0.2) is 5.78 Å². The Morgan fingerprint density at radius 3 is 2.13 bits per heavy atom. The second-order valence-corrected chi connectivity index (χ2v) is 4.19. The van der Waals surface area contributed by atoms with E-state index in [1.54, 1.807) is 0 Å². The molecule has 0 aromatic carbocycles. The molecule has 0 heterocycles. The van der Waals surface area contributed by atoms with Crippen molar-refractivity contribution in [1.82, 2.24) is 5.32 Å². The molecule has 0 radical (unpaired) electrons. The summed E-state index contributed by atoms with van der Waals surface area (Å²) in [5.74, 6) is -0.113. The Morgan fingerprint density at radius 1 is 1.27 bits per heavy atom. The van der Waals surface area contributed by atoms with Crippen LogP contribution in [-0.2, 0) is 9.59 Å². The molecular weight excluding hydrogens is 192 g/mol. The lowest BCUT2D eigenvalue weighted by atomic mass is 9.90. The predicted molar refractivity (Wildman–Crippen MR) is 60.3 cm³/mol. The molecular formula is C11H22N2O2. The van der Waals surface area contributed by atoms with Crippen molar-refractivity contribution in [3.8, 4) is 0 Å². The number of carbonyl (C=O) groups excluding carboxylic acids is 2. The summed E-state index contributed by atoms with van der Waals surface area (Å²) in [6.07, 6.45) is 0.855. The number of carbonyl (C=O) groups is 2. The maximum atomic E-state index is 11.8. The van der Waals surface area contributed by atoms with E-state index in [1.807, 2.05) is 27.7 Å². The lowest BCUT2D eigenvalue weighted by molar-refractivity contribution is -0.130. The fourth-order valence-corrected chi connectivity index (χ4v) is 1.32. The first kappa shape index (κ1) is 14.1. The Morgan fingerprint density at radius 2 is 1.80 bits per heavy atom. The molecule has 2 atom stereocenters. The first-order valence-corrected chi connectivity index (χ1v) is 5.47. The number of nitrogens with two attached hydrogens (primary N) is 1. The third-order valence-electron chi connectivity index (χ3n) is 2.59. The molecule has 2 unspecified atom stereocenters. The molecule has 4 nitrogen and oxygen atoms in total. The van der Waals surface area contributed by atoms with Crippen LogP contribution < -0.4 is 11.1 Å². The summed E-state index contributed by atoms with van der Waals surface area (Å²) in [5, 5.41) is 2.68. The highest BCUT2D eigenvalue weighted by Crippen LogP contribution is 2.12. The molecule has 0 bridgehead atoms. The molecule has 3 N–H and O–H groups in total. The van der Waals surface area contributed by atoms with Crippen molar-refractivity contribution in [1.29, 1.82) is 0 Å². The first-order valence-electron chi connectivity index (χ1n) is 5.47. The zero-order valence-electron chi connectivity index (χ0n) is 10.0. The topological polar surface area (TPSA) is 72.2 Å². The molecule has 1 amide bonds. The van der Waals surface area contributed by atoms with Gasteiger partial charge in [-0.25, -0.2) is 0 Å². The van der Waals surface area contributed by atoms with Gasteiger partial charge in [-0.3, -0.25) is 9.59 Å². The molecule has 0 rings (SSSR count). The quantitative estimate of drug-likeness (QED) is 0.683. The van der Waals surface area contributed by atoms with Crippen molar-refractivity contribution in [2.45, 2.75) is 40.2 Å². The normalized spacial score (nSPS) is 14.8. The molecule has 0 aliphatic rings. The van der Waals surface area contributed by atoms with E-state index in [-0.39, 0.29) is 30.1 Å². The third kappa shape index (κ3) is 4.42. The Kier molecular flexibility index (Phi) is 6.17. The van der Waals surface area contributed by atoms with E-state index in [9.17, 15) is 9.59 Å². The Labute approximate surface area is 91.6 Å². The van der Waals surface area contributed by atoms with Crippen LogP contribution in [0.2, 0.25) is 0 Å². The van der Waals surface area contributed by atoms with Crippen LogP contribution in [0, 0.1) is 11.8 Å². The summed E-state index contributed by atoms with van der Waals surface area (Å²) in [7, 11) is 0. The molecule has 0 aromatic rings. The highest BCUT2D eigenvalue weighted by Gasteiger charge is 2.26. The van der Waals surface area contributed by atoms with Crippen LogP contribution in [0.5, 0.6) is 0 Å². The van der Waals surface area contributed by atoms with Crippen LogP contribution in [0.1, 0.15) is 34.1 Å². The minimum Gasteiger partial charge on any atom is -0.345 e. The second-order valence-electron chi connectivity index (χ2n) is 4.19. The number of hydrogen-bond acceptors (Lipinski definition) is 3. The number of hydrogen-bond donors (Lipinski definition) is 2. The molecule has 0 fully saturated rings. The second kappa shape index (κ2) is 6.56. The van der Waals surface area contributed by atoms with E-state index in [2.05, 4.69) is 5.32 Å². The fourth-order valence-electron chi connectivity index (χ4n) is 1.32. The van der Waals surface area contributed by atoms with E-state index in [4.69, 9.17) is 5.73 Å². The Hall–Kier alpha value is -0.900. The summed E-state index contributed by atoms with van der Waals surface area (Å²) in [5.41, 5.74) is 5.21. The zero-order valence-corrected chi connectivity index (χ0v) is 10.0. The van der Waals surface area contributed by atoms with Crippen LogP contribution in [0.3, 0.4) is 0 Å². The predicted octanol–water partition coefficient (Wildman–Crippen LogP) is 0.701. The summed E-state index contributed by atoms with van der Waals surface area (Å²) < 4.78 is 0. The summed E-state index contributed by atoms with van der Waals surface area (Å²) in [6.45, 7) is 7.57. The Bertz CT molecular complexity index is 227. The van der Waals surface area contributed by atoms with Gasteiger partial charge in [0.2, 0.25) is 5.91 Å². The molecule has 0 aliphatic heterocycles. The SMILES string of the molecule is CCC(C)C(NC(=O)CN)C(=O)C(C)C. The van der Waals surface area contributed by atoms with Crippen molar-refractivity contribution in [3.63, 3.8) is 0 Å². The van der Waals surface area contributed by atoms with Gasteiger partial charge in [-0.1, -0.05) is 34.1 Å². The van der Waals surface area contributed by atoms with Crippen LogP contribution in [-0.4, -0.2) is 24.3 Å². The van der Waals surface area contributed by atoms with E-state index in [0.717, 1.165) is 6.42 Å². The minimum absolute atomic E-state index is 0.0675. The van der Waals surface area contributed by atoms with Gasteiger partial charge in [-0.05, 0) is 5.92 Å². The molecule has 0 aliphatic carbocycles. The number of ketones is 1. The lowest BCUT2D eigenvalue weighted by Gasteiger charge is -2.24. The van der Waals surface area contributed by atoms with E-state index in [0.29, 0.717) is 0 Å². The first-order chi connectivity index (χ1) is 6.93. The maximum Gasteiger partial charge on any atom is 0.234 e. The van der Waals surface area contributed by atoms with Crippen LogP contribution >= 0.6 is 0 Å². The molecule has 0 aromatic heterocycles. The molecule has 0 spiro atoms. The molecule has 4 heteroatoms. The average molecular weight is 214 g/mol. The van der Waals surface area contributed by atoms with Crippen LogP contribution in [0.4, 0.5) is 0 Å². The number of amides is 1. The number of rotatable bonds is 6. The van der Waals surface area contributed by atoms with Crippen LogP contribution in [0.25, 0.3) is 0 Å². The highest BCUT2D eigenvalue weighted by molar-refractivity contribution is 5.90. The monoisotopic (exact) mass is 214 g/mol. The largest absolute Gasteiger partial charge is 0.345 e. The van der Waals surface area contributed by atoms with Crippen molar-refractivity contribution >= 4 is 11.7 Å². The van der Waals surface area contributed by atoms with Crippen molar-refractivity contribution in [2.75, 3.05) is 6.54 Å². The van der Waals surface area contributed by atoms with Gasteiger partial charge < -0.3 is 11.1 Å². The van der Waals surface area contributed by atoms with E-state index >= 15 is 0 Å². The van der Waals surface area contributed by atoms with Crippen LogP contribution in [0.15, 0.2) is 0 Å². The highest BCUT2D eigenvalue weighted by atomic mass is 16.2. The lowest BCUT2D eigenvalue weighted by Crippen LogP contribution is -2.48. The minimum atomic E-state index is -0.397. The van der Waals surface area contributed by atoms with Crippen molar-refractivity contribution in [2.24, 2.45) is 17.6 Å². The number of Topliss-reactive ketones (excluding diaryl/α,β-unsaturated/α-hetero) is 1. The summed E-state index contributed by atoms with van der Waals surface area (Å²) in [6, 6.07) is -0.397. The van der Waals surface area contributed by atoms with Gasteiger partial charge in [0.1, 0.15) is 0 Å². The van der Waals surface area contributed by atoms with Gasteiger partial charge >= 0.3 is 0 Å².